The van der Waals surface area contributed by atoms with E-state index in [4.69, 9.17) is 9.05 Å². The van der Waals surface area contributed by atoms with E-state index in [1.54, 1.807) is 6.20 Å². The van der Waals surface area contributed by atoms with E-state index in [9.17, 15) is 0 Å². The highest BCUT2D eigenvalue weighted by molar-refractivity contribution is 7.46. The topological polar surface area (TPSA) is 31.4 Å². The first kappa shape index (κ1) is 11.6. The highest BCUT2D eigenvalue weighted by atomic mass is 31.2. The molecule has 0 spiro atoms. The van der Waals surface area contributed by atoms with Crippen LogP contribution in [0.1, 0.15) is 19.5 Å². The second-order valence-electron chi connectivity index (χ2n) is 2.65. The summed E-state index contributed by atoms with van der Waals surface area (Å²) in [5, 5.41) is 0. The van der Waals surface area contributed by atoms with Crippen LogP contribution in [0, 0.1) is 0 Å². The van der Waals surface area contributed by atoms with Gasteiger partial charge < -0.3 is 9.05 Å². The van der Waals surface area contributed by atoms with Gasteiger partial charge in [-0.15, -0.1) is 0 Å². The summed E-state index contributed by atoms with van der Waals surface area (Å²) in [6.07, 6.45) is 2.57. The van der Waals surface area contributed by atoms with E-state index in [-0.39, 0.29) is 0 Å². The first-order chi connectivity index (χ1) is 6.86. The smallest absolute Gasteiger partial charge is 0.176 e. The summed E-state index contributed by atoms with van der Waals surface area (Å²) in [6, 6.07) is 5.88. The molecule has 0 aliphatic rings. The van der Waals surface area contributed by atoms with E-state index in [0.717, 1.165) is 11.9 Å². The fourth-order valence-electron chi connectivity index (χ4n) is 1.04. The van der Waals surface area contributed by atoms with Crippen LogP contribution in [0.5, 0.6) is 0 Å². The third-order valence-electron chi connectivity index (χ3n) is 1.56. The Bertz CT molecular complexity index is 237. The maximum atomic E-state index is 5.49. The van der Waals surface area contributed by atoms with Crippen LogP contribution in [0.15, 0.2) is 24.4 Å². The summed E-state index contributed by atoms with van der Waals surface area (Å²) in [6.45, 7) is 5.34. The molecule has 0 aliphatic carbocycles. The molecular weight excluding hydrogens is 197 g/mol. The van der Waals surface area contributed by atoms with Crippen molar-refractivity contribution in [3.63, 3.8) is 0 Å². The van der Waals surface area contributed by atoms with Crippen LogP contribution < -0.4 is 0 Å². The molecule has 78 valence electrons. The third kappa shape index (κ3) is 4.14. The molecule has 4 heteroatoms. The number of aromatic nitrogens is 1. The second kappa shape index (κ2) is 6.88. The molecule has 0 saturated heterocycles. The van der Waals surface area contributed by atoms with Crippen LogP contribution in [0.3, 0.4) is 0 Å². The molecule has 1 aromatic heterocycles. The van der Waals surface area contributed by atoms with E-state index in [0.29, 0.717) is 13.2 Å². The van der Waals surface area contributed by atoms with Gasteiger partial charge in [-0.3, -0.25) is 4.98 Å². The fraction of sp³-hybridized carbons (Fsp3) is 0.500. The fourth-order valence-corrected chi connectivity index (χ4v) is 2.33. The molecule has 0 aromatic carbocycles. The lowest BCUT2D eigenvalue weighted by molar-refractivity contribution is 0.268. The van der Waals surface area contributed by atoms with Gasteiger partial charge in [0.25, 0.3) is 0 Å². The molecule has 0 radical (unpaired) electrons. The Kier molecular flexibility index (Phi) is 5.69. The van der Waals surface area contributed by atoms with Crippen molar-refractivity contribution in [3.05, 3.63) is 30.1 Å². The van der Waals surface area contributed by atoms with Crippen molar-refractivity contribution in [2.75, 3.05) is 13.2 Å². The molecule has 0 saturated carbocycles. The van der Waals surface area contributed by atoms with Gasteiger partial charge in [0.15, 0.2) is 8.38 Å². The number of rotatable bonds is 6. The minimum absolute atomic E-state index is 0.693. The molecule has 0 unspecified atom stereocenters. The van der Waals surface area contributed by atoms with Gasteiger partial charge >= 0.3 is 0 Å². The van der Waals surface area contributed by atoms with Crippen molar-refractivity contribution >= 4 is 8.38 Å². The van der Waals surface area contributed by atoms with Crippen molar-refractivity contribution in [2.45, 2.75) is 20.0 Å². The van der Waals surface area contributed by atoms with Crippen molar-refractivity contribution in [3.8, 4) is 0 Å². The Morgan fingerprint density at radius 2 is 1.93 bits per heavy atom. The van der Waals surface area contributed by atoms with Gasteiger partial charge in [-0.2, -0.15) is 0 Å². The van der Waals surface area contributed by atoms with Crippen LogP contribution in [0.2, 0.25) is 0 Å². The Labute approximate surface area is 86.4 Å². The van der Waals surface area contributed by atoms with Crippen LogP contribution in [0.4, 0.5) is 0 Å². The number of nitrogens with zero attached hydrogens (tertiary/aromatic N) is 1. The van der Waals surface area contributed by atoms with Crippen molar-refractivity contribution in [1.82, 2.24) is 4.98 Å². The molecule has 0 aliphatic heterocycles. The normalized spacial score (nSPS) is 10.8. The van der Waals surface area contributed by atoms with Crippen LogP contribution in [0.25, 0.3) is 0 Å². The van der Waals surface area contributed by atoms with E-state index in [1.165, 1.54) is 0 Å². The Hall–Kier alpha value is -0.500. The lowest BCUT2D eigenvalue weighted by Crippen LogP contribution is -1.95. The van der Waals surface area contributed by atoms with Crippen LogP contribution in [-0.2, 0) is 15.2 Å². The average Bonchev–Trinajstić information content (AvgIpc) is 2.20. The van der Waals surface area contributed by atoms with Crippen molar-refractivity contribution in [1.29, 1.82) is 0 Å². The second-order valence-corrected chi connectivity index (χ2v) is 4.15. The zero-order valence-electron chi connectivity index (χ0n) is 8.64. The maximum Gasteiger partial charge on any atom is 0.176 e. The highest BCUT2D eigenvalue weighted by Crippen LogP contribution is 2.41. The van der Waals surface area contributed by atoms with E-state index in [2.05, 4.69) is 4.98 Å². The van der Waals surface area contributed by atoms with Crippen molar-refractivity contribution in [2.24, 2.45) is 0 Å². The molecule has 1 heterocycles. The first-order valence-electron chi connectivity index (χ1n) is 4.80. The zero-order chi connectivity index (χ0) is 10.2. The Morgan fingerprint density at radius 3 is 2.43 bits per heavy atom. The maximum absolute atomic E-state index is 5.49. The number of hydrogen-bond donors (Lipinski definition) is 0. The monoisotopic (exact) mass is 213 g/mol. The largest absolute Gasteiger partial charge is 0.334 e. The summed E-state index contributed by atoms with van der Waals surface area (Å²) in [7, 11) is -0.800. The molecular formula is C10H16NO2P. The molecule has 0 fully saturated rings. The Balaban J connectivity index is 2.46. The Morgan fingerprint density at radius 1 is 1.21 bits per heavy atom. The van der Waals surface area contributed by atoms with Gasteiger partial charge in [-0.05, 0) is 26.0 Å². The summed E-state index contributed by atoms with van der Waals surface area (Å²) in [4.78, 5) is 4.24. The average molecular weight is 213 g/mol. The minimum atomic E-state index is -0.800. The summed E-state index contributed by atoms with van der Waals surface area (Å²) < 4.78 is 11.0. The van der Waals surface area contributed by atoms with E-state index < -0.39 is 8.38 Å². The summed E-state index contributed by atoms with van der Waals surface area (Å²) in [5.74, 6) is 0. The van der Waals surface area contributed by atoms with Gasteiger partial charge in [0.2, 0.25) is 0 Å². The molecule has 1 rings (SSSR count). The van der Waals surface area contributed by atoms with Gasteiger partial charge in [0.05, 0.1) is 19.4 Å². The summed E-state index contributed by atoms with van der Waals surface area (Å²) in [5.41, 5.74) is 1.03. The molecule has 0 amide bonds. The van der Waals surface area contributed by atoms with Gasteiger partial charge in [0.1, 0.15) is 0 Å². The molecule has 3 nitrogen and oxygen atoms in total. The quantitative estimate of drug-likeness (QED) is 0.681. The predicted octanol–water partition coefficient (Wildman–Crippen LogP) is 2.97. The summed E-state index contributed by atoms with van der Waals surface area (Å²) >= 11 is 0. The lowest BCUT2D eigenvalue weighted by Gasteiger charge is -2.14. The third-order valence-corrected chi connectivity index (χ3v) is 3.24. The molecule has 0 bridgehead atoms. The number of hydrogen-bond acceptors (Lipinski definition) is 3. The predicted molar refractivity (Wildman–Crippen MR) is 58.1 cm³/mol. The lowest BCUT2D eigenvalue weighted by atomic mass is 10.4. The molecule has 1 aromatic rings. The van der Waals surface area contributed by atoms with E-state index >= 15 is 0 Å². The number of pyridine rings is 1. The van der Waals surface area contributed by atoms with Gasteiger partial charge in [-0.1, -0.05) is 6.07 Å². The molecule has 14 heavy (non-hydrogen) atoms. The zero-order valence-corrected chi connectivity index (χ0v) is 9.54. The highest BCUT2D eigenvalue weighted by Gasteiger charge is 2.10. The minimum Gasteiger partial charge on any atom is -0.334 e. The van der Waals surface area contributed by atoms with Gasteiger partial charge in [-0.25, -0.2) is 0 Å². The van der Waals surface area contributed by atoms with Crippen LogP contribution >= 0.6 is 8.38 Å². The first-order valence-corrected chi connectivity index (χ1v) is 6.16. The SMILES string of the molecule is CCOP(Cc1ccccn1)OCC. The standard InChI is InChI=1S/C10H16NO2P/c1-3-12-14(13-4-2)9-10-7-5-6-8-11-10/h5-8H,3-4,9H2,1-2H3. The molecule has 0 atom stereocenters. The van der Waals surface area contributed by atoms with Crippen LogP contribution in [-0.4, -0.2) is 18.2 Å². The van der Waals surface area contributed by atoms with E-state index in [1.807, 2.05) is 32.0 Å². The van der Waals surface area contributed by atoms with Gasteiger partial charge in [0, 0.05) is 11.9 Å². The van der Waals surface area contributed by atoms with Crippen molar-refractivity contribution < 1.29 is 9.05 Å². The molecule has 0 N–H and O–H groups in total.